The molecule has 0 bridgehead atoms. The number of hydrogen-bond donors (Lipinski definition) is 0. The largest absolute Gasteiger partial charge is 0.385 e. The van der Waals surface area contributed by atoms with Gasteiger partial charge in [-0.15, -0.1) is 0 Å². The van der Waals surface area contributed by atoms with Crippen LogP contribution >= 0.6 is 0 Å². The van der Waals surface area contributed by atoms with E-state index in [4.69, 9.17) is 38.8 Å². The summed E-state index contributed by atoms with van der Waals surface area (Å²) < 4.78 is 10.3. The fourth-order valence-electron chi connectivity index (χ4n) is 8.96. The van der Waals surface area contributed by atoms with Crippen molar-refractivity contribution in [2.45, 2.75) is 259 Å². The number of rotatable bonds is 55. The predicted molar refractivity (Wildman–Crippen MR) is 262 cm³/mol. The van der Waals surface area contributed by atoms with Crippen molar-refractivity contribution in [1.29, 1.82) is 0 Å². The Morgan fingerprint density at radius 3 is 0.645 bits per heavy atom. The average Bonchev–Trinajstić information content (AvgIpc) is 3.29. The molecule has 0 aromatic rings. The van der Waals surface area contributed by atoms with E-state index in [0.717, 1.165) is 115 Å². The van der Waals surface area contributed by atoms with Gasteiger partial charge < -0.3 is 9.47 Å². The van der Waals surface area contributed by atoms with Crippen LogP contribution in [-0.4, -0.2) is 67.1 Å². The lowest BCUT2D eigenvalue weighted by Crippen LogP contribution is -2.04. The second-order valence-corrected chi connectivity index (χ2v) is 18.8. The molecule has 0 spiro atoms. The predicted octanol–water partition coefficient (Wildman–Crippen LogP) is 16.7. The summed E-state index contributed by atoms with van der Waals surface area (Å²) in [7, 11) is 3.60. The molecule has 4 atom stereocenters. The zero-order chi connectivity index (χ0) is 45.1. The number of methoxy groups -OCH3 is 2. The highest BCUT2D eigenvalue weighted by molar-refractivity contribution is 4.62. The van der Waals surface area contributed by atoms with Gasteiger partial charge in [-0.05, 0) is 101 Å². The summed E-state index contributed by atoms with van der Waals surface area (Å²) in [6.07, 6.45) is 45.6. The molecular formula is C54H110O8. The lowest BCUT2D eigenvalue weighted by molar-refractivity contribution is -0.295. The van der Waals surface area contributed by atoms with Crippen LogP contribution in [0.25, 0.3) is 0 Å². The SMILES string of the molecule is CCC(CCCCCCCOOCCCC(CC)CCCCCCCOOCCCC(CC)CCCCCCCOOCCCC(CC)CCCCCCCOC)CCCOC. The van der Waals surface area contributed by atoms with Crippen molar-refractivity contribution in [3.63, 3.8) is 0 Å². The van der Waals surface area contributed by atoms with Crippen molar-refractivity contribution < 1.29 is 38.8 Å². The Labute approximate surface area is 387 Å². The second-order valence-electron chi connectivity index (χ2n) is 18.8. The van der Waals surface area contributed by atoms with Crippen LogP contribution in [0.3, 0.4) is 0 Å². The van der Waals surface area contributed by atoms with Gasteiger partial charge in [0.1, 0.15) is 0 Å². The summed E-state index contributed by atoms with van der Waals surface area (Å²) in [6, 6.07) is 0. The quantitative estimate of drug-likeness (QED) is 0.0340. The zero-order valence-corrected chi connectivity index (χ0v) is 42.7. The second kappa shape index (κ2) is 53.3. The van der Waals surface area contributed by atoms with Crippen LogP contribution in [-0.2, 0) is 38.8 Å². The van der Waals surface area contributed by atoms with Gasteiger partial charge in [-0.1, -0.05) is 182 Å². The third-order valence-corrected chi connectivity index (χ3v) is 13.5. The van der Waals surface area contributed by atoms with E-state index in [9.17, 15) is 0 Å². The third kappa shape index (κ3) is 46.2. The van der Waals surface area contributed by atoms with Gasteiger partial charge in [-0.25, -0.2) is 29.3 Å². The lowest BCUT2D eigenvalue weighted by atomic mass is 9.93. The molecule has 0 aliphatic carbocycles. The third-order valence-electron chi connectivity index (χ3n) is 13.5. The first kappa shape index (κ1) is 61.7. The number of unbranched alkanes of at least 4 members (excludes halogenated alkanes) is 16. The molecule has 0 radical (unpaired) electrons. The van der Waals surface area contributed by atoms with E-state index in [2.05, 4.69) is 27.7 Å². The van der Waals surface area contributed by atoms with Gasteiger partial charge >= 0.3 is 0 Å². The smallest absolute Gasteiger partial charge is 0.0822 e. The van der Waals surface area contributed by atoms with Gasteiger partial charge in [0.25, 0.3) is 0 Å². The molecule has 0 aliphatic heterocycles. The van der Waals surface area contributed by atoms with E-state index >= 15 is 0 Å². The molecule has 0 aromatic carbocycles. The van der Waals surface area contributed by atoms with Gasteiger partial charge in [-0.3, -0.25) is 0 Å². The molecular weight excluding hydrogens is 777 g/mol. The summed E-state index contributed by atoms with van der Waals surface area (Å²) in [5.41, 5.74) is 0. The number of hydrogen-bond acceptors (Lipinski definition) is 8. The van der Waals surface area contributed by atoms with E-state index in [0.29, 0.717) is 0 Å². The Bertz CT molecular complexity index is 802. The average molecular weight is 887 g/mol. The fraction of sp³-hybridized carbons (Fsp3) is 1.00. The molecule has 8 nitrogen and oxygen atoms in total. The molecule has 0 heterocycles. The van der Waals surface area contributed by atoms with E-state index in [-0.39, 0.29) is 0 Å². The molecule has 0 rings (SSSR count). The van der Waals surface area contributed by atoms with Crippen LogP contribution in [0, 0.1) is 23.7 Å². The summed E-state index contributed by atoms with van der Waals surface area (Å²) in [5, 5.41) is 0. The Morgan fingerprint density at radius 2 is 0.387 bits per heavy atom. The molecule has 0 fully saturated rings. The van der Waals surface area contributed by atoms with Crippen LogP contribution < -0.4 is 0 Å². The molecule has 0 N–H and O–H groups in total. The van der Waals surface area contributed by atoms with Crippen molar-refractivity contribution in [2.75, 3.05) is 67.1 Å². The van der Waals surface area contributed by atoms with Gasteiger partial charge in [-0.2, -0.15) is 0 Å². The first-order valence-electron chi connectivity index (χ1n) is 27.4. The molecule has 62 heavy (non-hydrogen) atoms. The van der Waals surface area contributed by atoms with Gasteiger partial charge in [0.2, 0.25) is 0 Å². The van der Waals surface area contributed by atoms with Crippen LogP contribution in [0.5, 0.6) is 0 Å². The normalized spacial score (nSPS) is 13.8. The zero-order valence-electron chi connectivity index (χ0n) is 42.7. The summed E-state index contributed by atoms with van der Waals surface area (Å²) in [6.45, 7) is 15.5. The molecule has 0 aromatic heterocycles. The maximum Gasteiger partial charge on any atom is 0.0822 e. The van der Waals surface area contributed by atoms with Gasteiger partial charge in [0.05, 0.1) is 39.6 Å². The molecule has 0 saturated heterocycles. The molecule has 0 amide bonds. The first-order chi connectivity index (χ1) is 30.6. The highest BCUT2D eigenvalue weighted by Crippen LogP contribution is 2.23. The van der Waals surface area contributed by atoms with E-state index < -0.39 is 0 Å². The monoisotopic (exact) mass is 887 g/mol. The van der Waals surface area contributed by atoms with Crippen LogP contribution in [0.15, 0.2) is 0 Å². The summed E-state index contributed by atoms with van der Waals surface area (Å²) in [5.74, 6) is 3.34. The Kier molecular flexibility index (Phi) is 53.0. The highest BCUT2D eigenvalue weighted by Gasteiger charge is 2.10. The standard InChI is InChI=1S/C54H110O8/c1-7-51(39-31-44-56-6)35-24-16-12-20-28-45-57-61-49-33-41-53(9-3)37-26-18-14-22-30-47-59-62-50-34-42-54(10-4)38-25-17-13-21-29-46-58-60-48-32-40-52(8-2)36-23-15-11-19-27-43-55-5/h51-54H,7-50H2,1-6H3. The van der Waals surface area contributed by atoms with Gasteiger partial charge in [0.15, 0.2) is 0 Å². The van der Waals surface area contributed by atoms with Gasteiger partial charge in [0, 0.05) is 27.4 Å². The minimum atomic E-state index is 0.722. The summed E-state index contributed by atoms with van der Waals surface area (Å²) in [4.78, 5) is 33.0. The lowest BCUT2D eigenvalue weighted by Gasteiger charge is -2.15. The Hall–Kier alpha value is -0.320. The maximum atomic E-state index is 5.53. The van der Waals surface area contributed by atoms with Crippen LogP contribution in [0.4, 0.5) is 0 Å². The maximum absolute atomic E-state index is 5.53. The van der Waals surface area contributed by atoms with Crippen molar-refractivity contribution in [3.8, 4) is 0 Å². The fourth-order valence-corrected chi connectivity index (χ4v) is 8.96. The van der Waals surface area contributed by atoms with Crippen LogP contribution in [0.2, 0.25) is 0 Å². The van der Waals surface area contributed by atoms with Crippen LogP contribution in [0.1, 0.15) is 259 Å². The Morgan fingerprint density at radius 1 is 0.210 bits per heavy atom. The molecule has 4 unspecified atom stereocenters. The molecule has 0 aliphatic rings. The summed E-state index contributed by atoms with van der Waals surface area (Å²) >= 11 is 0. The minimum Gasteiger partial charge on any atom is -0.385 e. The first-order valence-corrected chi connectivity index (χ1v) is 27.4. The minimum absolute atomic E-state index is 0.722. The molecule has 374 valence electrons. The van der Waals surface area contributed by atoms with Crippen molar-refractivity contribution >= 4 is 0 Å². The number of ether oxygens (including phenoxy) is 2. The topological polar surface area (TPSA) is 73.8 Å². The Balaban J connectivity index is 3.47. The van der Waals surface area contributed by atoms with E-state index in [1.54, 1.807) is 14.2 Å². The molecule has 8 heteroatoms. The van der Waals surface area contributed by atoms with E-state index in [1.807, 2.05) is 0 Å². The van der Waals surface area contributed by atoms with E-state index in [1.165, 1.54) is 193 Å². The van der Waals surface area contributed by atoms with Crippen molar-refractivity contribution in [1.82, 2.24) is 0 Å². The highest BCUT2D eigenvalue weighted by atomic mass is 17.2. The molecule has 0 saturated carbocycles. The van der Waals surface area contributed by atoms with Crippen molar-refractivity contribution in [3.05, 3.63) is 0 Å². The van der Waals surface area contributed by atoms with Crippen molar-refractivity contribution in [2.24, 2.45) is 23.7 Å².